The maximum absolute atomic E-state index is 12.8. The van der Waals surface area contributed by atoms with E-state index in [0.29, 0.717) is 46.7 Å². The van der Waals surface area contributed by atoms with Gasteiger partial charge in [0.2, 0.25) is 5.91 Å². The number of fused-ring (bicyclic) bond motifs is 1. The predicted octanol–water partition coefficient (Wildman–Crippen LogP) is 2.72. The van der Waals surface area contributed by atoms with E-state index in [1.54, 1.807) is 24.3 Å². The molecule has 0 aliphatic rings. The highest BCUT2D eigenvalue weighted by Crippen LogP contribution is 2.29. The van der Waals surface area contributed by atoms with Crippen LogP contribution in [0.1, 0.15) is 18.4 Å². The molecule has 3 aromatic rings. The van der Waals surface area contributed by atoms with Crippen LogP contribution in [0.3, 0.4) is 0 Å². The molecule has 29 heavy (non-hydrogen) atoms. The molecule has 0 aliphatic carbocycles. The number of rotatable bonds is 7. The second kappa shape index (κ2) is 8.64. The Morgan fingerprint density at radius 2 is 1.90 bits per heavy atom. The number of carbonyl (C=O) groups excluding carboxylic acids is 1. The van der Waals surface area contributed by atoms with Gasteiger partial charge in [0.25, 0.3) is 5.56 Å². The van der Waals surface area contributed by atoms with Crippen LogP contribution in [0.25, 0.3) is 10.9 Å². The van der Waals surface area contributed by atoms with E-state index in [-0.39, 0.29) is 17.9 Å². The number of nitrogens with zero attached hydrogens (tertiary/aromatic N) is 2. The number of aromatic nitrogens is 2. The molecule has 1 aromatic heterocycles. The summed E-state index contributed by atoms with van der Waals surface area (Å²) in [6.07, 6.45) is 2.24. The van der Waals surface area contributed by atoms with Crippen LogP contribution in [-0.2, 0) is 11.3 Å². The molecule has 3 N–H and O–H groups in total. The number of anilines is 2. The van der Waals surface area contributed by atoms with E-state index in [2.05, 4.69) is 10.3 Å². The third-order valence-electron chi connectivity index (χ3n) is 4.67. The quantitative estimate of drug-likeness (QED) is 0.595. The fraction of sp³-hybridized carbons (Fsp3) is 0.286. The van der Waals surface area contributed by atoms with Crippen molar-refractivity contribution in [2.24, 2.45) is 0 Å². The summed E-state index contributed by atoms with van der Waals surface area (Å²) in [4.78, 5) is 29.3. The van der Waals surface area contributed by atoms with Gasteiger partial charge in [-0.25, -0.2) is 4.98 Å². The Labute approximate surface area is 168 Å². The lowest BCUT2D eigenvalue weighted by molar-refractivity contribution is -0.116. The molecule has 1 amide bonds. The fourth-order valence-electron chi connectivity index (χ4n) is 3.04. The molecule has 1 heterocycles. The number of aryl methyl sites for hydroxylation is 2. The molecule has 0 saturated heterocycles. The summed E-state index contributed by atoms with van der Waals surface area (Å²) in [7, 11) is 3.04. The Morgan fingerprint density at radius 1 is 1.17 bits per heavy atom. The molecule has 152 valence electrons. The monoisotopic (exact) mass is 396 g/mol. The topological polar surface area (TPSA) is 108 Å². The number of nitrogen functional groups attached to an aromatic ring is 1. The molecule has 0 atom stereocenters. The average molecular weight is 396 g/mol. The minimum atomic E-state index is -0.192. The van der Waals surface area contributed by atoms with Gasteiger partial charge in [0.05, 0.1) is 31.4 Å². The first kappa shape index (κ1) is 20.2. The van der Waals surface area contributed by atoms with Gasteiger partial charge in [-0.3, -0.25) is 14.2 Å². The lowest BCUT2D eigenvalue weighted by Gasteiger charge is -2.11. The van der Waals surface area contributed by atoms with Crippen LogP contribution in [-0.4, -0.2) is 29.7 Å². The number of nitrogens with two attached hydrogens (primary N) is 1. The molecule has 0 saturated carbocycles. The van der Waals surface area contributed by atoms with Crippen molar-refractivity contribution >= 4 is 28.2 Å². The summed E-state index contributed by atoms with van der Waals surface area (Å²) < 4.78 is 12.0. The zero-order chi connectivity index (χ0) is 21.0. The maximum atomic E-state index is 12.8. The van der Waals surface area contributed by atoms with Crippen LogP contribution >= 0.6 is 0 Å². The summed E-state index contributed by atoms with van der Waals surface area (Å²) in [5.41, 5.74) is 8.32. The zero-order valence-electron chi connectivity index (χ0n) is 16.7. The van der Waals surface area contributed by atoms with E-state index in [9.17, 15) is 9.59 Å². The first-order valence-corrected chi connectivity index (χ1v) is 9.20. The molecule has 8 heteroatoms. The molecular weight excluding hydrogens is 372 g/mol. The summed E-state index contributed by atoms with van der Waals surface area (Å²) in [5, 5.41) is 3.29. The van der Waals surface area contributed by atoms with Crippen LogP contribution < -0.4 is 26.1 Å². The molecule has 0 fully saturated rings. The lowest BCUT2D eigenvalue weighted by atomic mass is 10.1. The highest BCUT2D eigenvalue weighted by molar-refractivity contribution is 5.92. The van der Waals surface area contributed by atoms with E-state index in [0.717, 1.165) is 5.56 Å². The maximum Gasteiger partial charge on any atom is 0.261 e. The van der Waals surface area contributed by atoms with Crippen molar-refractivity contribution in [2.45, 2.75) is 26.3 Å². The molecular formula is C21H24N4O4. The van der Waals surface area contributed by atoms with E-state index < -0.39 is 0 Å². The number of hydrogen-bond acceptors (Lipinski definition) is 6. The molecule has 0 bridgehead atoms. The third-order valence-corrected chi connectivity index (χ3v) is 4.67. The average Bonchev–Trinajstić information content (AvgIpc) is 2.71. The molecule has 0 radical (unpaired) electrons. The van der Waals surface area contributed by atoms with Crippen LogP contribution in [0.5, 0.6) is 11.5 Å². The first-order valence-electron chi connectivity index (χ1n) is 9.20. The third kappa shape index (κ3) is 4.48. The van der Waals surface area contributed by atoms with Crippen molar-refractivity contribution in [3.8, 4) is 11.5 Å². The Kier molecular flexibility index (Phi) is 6.01. The van der Waals surface area contributed by atoms with E-state index in [4.69, 9.17) is 15.2 Å². The largest absolute Gasteiger partial charge is 0.493 e. The molecule has 0 aliphatic heterocycles. The van der Waals surface area contributed by atoms with Gasteiger partial charge in [0.1, 0.15) is 0 Å². The first-order chi connectivity index (χ1) is 13.9. The normalized spacial score (nSPS) is 10.7. The second-order valence-electron chi connectivity index (χ2n) is 6.69. The van der Waals surface area contributed by atoms with Gasteiger partial charge < -0.3 is 20.5 Å². The van der Waals surface area contributed by atoms with Crippen molar-refractivity contribution in [2.75, 3.05) is 25.3 Å². The highest BCUT2D eigenvalue weighted by atomic mass is 16.5. The van der Waals surface area contributed by atoms with Crippen LogP contribution in [0.2, 0.25) is 0 Å². The fourth-order valence-corrected chi connectivity index (χ4v) is 3.04. The van der Waals surface area contributed by atoms with Crippen molar-refractivity contribution in [1.29, 1.82) is 0 Å². The Morgan fingerprint density at radius 3 is 2.62 bits per heavy atom. The lowest BCUT2D eigenvalue weighted by Crippen LogP contribution is -2.22. The van der Waals surface area contributed by atoms with Gasteiger partial charge in [-0.2, -0.15) is 0 Å². The van der Waals surface area contributed by atoms with Crippen LogP contribution in [0, 0.1) is 6.92 Å². The summed E-state index contributed by atoms with van der Waals surface area (Å²) in [5.74, 6) is 0.846. The molecule has 2 aromatic carbocycles. The minimum Gasteiger partial charge on any atom is -0.493 e. The van der Waals surface area contributed by atoms with E-state index in [1.165, 1.54) is 25.1 Å². The number of ether oxygens (including phenoxy) is 2. The highest BCUT2D eigenvalue weighted by Gasteiger charge is 2.12. The van der Waals surface area contributed by atoms with Crippen molar-refractivity contribution in [3.05, 3.63) is 52.6 Å². The smallest absolute Gasteiger partial charge is 0.261 e. The molecule has 0 spiro atoms. The van der Waals surface area contributed by atoms with Gasteiger partial charge in [0, 0.05) is 30.4 Å². The van der Waals surface area contributed by atoms with Crippen LogP contribution in [0.15, 0.2) is 41.5 Å². The van der Waals surface area contributed by atoms with E-state index in [1.807, 2.05) is 13.0 Å². The zero-order valence-corrected chi connectivity index (χ0v) is 16.7. The van der Waals surface area contributed by atoms with Gasteiger partial charge in [0.15, 0.2) is 11.5 Å². The Hall–Kier alpha value is -3.55. The van der Waals surface area contributed by atoms with E-state index >= 15 is 0 Å². The van der Waals surface area contributed by atoms with Gasteiger partial charge >= 0.3 is 0 Å². The second-order valence-corrected chi connectivity index (χ2v) is 6.69. The molecule has 0 unspecified atom stereocenters. The Bertz CT molecular complexity index is 1110. The predicted molar refractivity (Wildman–Crippen MR) is 113 cm³/mol. The van der Waals surface area contributed by atoms with Gasteiger partial charge in [-0.05, 0) is 37.1 Å². The number of hydrogen-bond donors (Lipinski definition) is 2. The summed E-state index contributed by atoms with van der Waals surface area (Å²) in [6.45, 7) is 2.28. The number of benzene rings is 2. The summed E-state index contributed by atoms with van der Waals surface area (Å²) >= 11 is 0. The van der Waals surface area contributed by atoms with Crippen molar-refractivity contribution < 1.29 is 14.3 Å². The molecule has 3 rings (SSSR count). The molecule has 8 nitrogen and oxygen atoms in total. The van der Waals surface area contributed by atoms with Gasteiger partial charge in [-0.15, -0.1) is 0 Å². The minimum absolute atomic E-state index is 0.132. The summed E-state index contributed by atoms with van der Waals surface area (Å²) in [6, 6.07) is 8.66. The number of nitrogens with one attached hydrogen (secondary N) is 1. The standard InChI is InChI=1S/C21H24N4O4/c1-13-6-7-14(22)9-16(13)24-20(26)5-4-8-25-12-23-17-11-19(29-3)18(28-2)10-15(17)21(25)27/h6-7,9-12H,4-5,8,22H2,1-3H3,(H,24,26). The van der Waals surface area contributed by atoms with Gasteiger partial charge in [-0.1, -0.05) is 6.07 Å². The van der Waals surface area contributed by atoms with Crippen LogP contribution in [0.4, 0.5) is 11.4 Å². The Balaban J connectivity index is 1.69. The van der Waals surface area contributed by atoms with Crippen molar-refractivity contribution in [1.82, 2.24) is 9.55 Å². The van der Waals surface area contributed by atoms with Crippen molar-refractivity contribution in [3.63, 3.8) is 0 Å². The number of carbonyl (C=O) groups is 1. The SMILES string of the molecule is COc1cc2ncn(CCCC(=O)Nc3cc(N)ccc3C)c(=O)c2cc1OC. The number of methoxy groups -OCH3 is 2. The number of amides is 1.